The lowest BCUT2D eigenvalue weighted by Gasteiger charge is -2.36. The smallest absolute Gasteiger partial charge is 0.176 e. The molecule has 233 valence electrons. The average molecular weight is 665 g/mol. The van der Waals surface area contributed by atoms with Crippen molar-refractivity contribution in [3.8, 4) is 22.6 Å². The maximum atomic E-state index is 7.51. The van der Waals surface area contributed by atoms with E-state index >= 15 is 0 Å². The molecule has 8 aromatic carbocycles. The number of fused-ring (bicyclic) bond motifs is 2. The molecule has 2 nitrogen and oxygen atoms in total. The molecule has 0 saturated heterocycles. The lowest BCUT2D eigenvalue weighted by molar-refractivity contribution is 0.621. The zero-order valence-electron chi connectivity index (χ0n) is 26.8. The van der Waals surface area contributed by atoms with Gasteiger partial charge in [-0.25, -0.2) is 7.57 Å². The van der Waals surface area contributed by atoms with E-state index in [1.165, 1.54) is 0 Å². The predicted molar refractivity (Wildman–Crippen MR) is 212 cm³/mol. The minimum atomic E-state index is -2.86. The van der Waals surface area contributed by atoms with Crippen molar-refractivity contribution in [2.45, 2.75) is 0 Å². The van der Waals surface area contributed by atoms with Crippen LogP contribution in [-0.2, 0) is 0 Å². The third kappa shape index (κ3) is 6.13. The summed E-state index contributed by atoms with van der Waals surface area (Å²) in [5.74, 6) is 1.51. The fraction of sp³-hybridized carbons (Fsp3) is 0. The molecule has 0 unspecified atom stereocenters. The highest BCUT2D eigenvalue weighted by Crippen LogP contribution is 2.57. The van der Waals surface area contributed by atoms with Crippen LogP contribution in [0.3, 0.4) is 0 Å². The molecule has 0 saturated carbocycles. The fourth-order valence-corrected chi connectivity index (χ4v) is 10.3. The number of benzene rings is 8. The van der Waals surface area contributed by atoms with Gasteiger partial charge in [-0.05, 0) is 65.3 Å². The van der Waals surface area contributed by atoms with E-state index < -0.39 is 15.5 Å². The van der Waals surface area contributed by atoms with Gasteiger partial charge in [0.15, 0.2) is 13.9 Å². The van der Waals surface area contributed by atoms with E-state index in [0.717, 1.165) is 59.6 Å². The van der Waals surface area contributed by atoms with E-state index in [1.807, 2.05) is 48.5 Å². The molecule has 0 aliphatic rings. The third-order valence-corrected chi connectivity index (χ3v) is 13.3. The maximum absolute atomic E-state index is 7.51. The fourth-order valence-electron chi connectivity index (χ4n) is 6.36. The Labute approximate surface area is 290 Å². The highest BCUT2D eigenvalue weighted by atomic mass is 31.2. The van der Waals surface area contributed by atoms with Crippen molar-refractivity contribution in [3.05, 3.63) is 194 Å². The minimum absolute atomic E-state index is 0.715. The minimum Gasteiger partial charge on any atom is -0.464 e. The molecule has 0 atom stereocenters. The van der Waals surface area contributed by atoms with Gasteiger partial charge in [0.2, 0.25) is 0 Å². The molecule has 8 rings (SSSR count). The molecular formula is C44H32BO2P2. The Balaban J connectivity index is 1.39. The second-order valence-corrected chi connectivity index (χ2v) is 16.1. The van der Waals surface area contributed by atoms with Crippen molar-refractivity contribution in [1.82, 2.24) is 0 Å². The van der Waals surface area contributed by atoms with Crippen molar-refractivity contribution in [2.24, 2.45) is 0 Å². The molecular weight excluding hydrogens is 633 g/mol. The second-order valence-electron chi connectivity index (χ2n) is 11.8. The molecule has 49 heavy (non-hydrogen) atoms. The lowest BCUT2D eigenvalue weighted by Crippen LogP contribution is -2.26. The van der Waals surface area contributed by atoms with Crippen LogP contribution in [0.15, 0.2) is 194 Å². The third-order valence-electron chi connectivity index (χ3n) is 8.72. The maximum Gasteiger partial charge on any atom is 0.176 e. The Morgan fingerprint density at radius 2 is 0.776 bits per heavy atom. The van der Waals surface area contributed by atoms with Gasteiger partial charge in [-0.1, -0.05) is 158 Å². The number of hydrogen-bond acceptors (Lipinski definition) is 2. The van der Waals surface area contributed by atoms with Gasteiger partial charge in [-0.2, -0.15) is 0 Å². The quantitative estimate of drug-likeness (QED) is 0.113. The molecule has 0 aliphatic heterocycles. The first kappa shape index (κ1) is 31.1. The predicted octanol–water partition coefficient (Wildman–Crippen LogP) is 10.1. The largest absolute Gasteiger partial charge is 0.464 e. The summed E-state index contributed by atoms with van der Waals surface area (Å²) >= 11 is 0. The van der Waals surface area contributed by atoms with Crippen LogP contribution in [0, 0.1) is 0 Å². The first-order valence-electron chi connectivity index (χ1n) is 16.3. The van der Waals surface area contributed by atoms with Crippen LogP contribution < -0.4 is 30.3 Å². The van der Waals surface area contributed by atoms with Gasteiger partial charge >= 0.3 is 0 Å². The molecule has 8 aromatic rings. The van der Waals surface area contributed by atoms with Gasteiger partial charge < -0.3 is 9.05 Å². The topological polar surface area (TPSA) is 18.5 Å². The van der Waals surface area contributed by atoms with Gasteiger partial charge in [0.25, 0.3) is 0 Å². The first-order chi connectivity index (χ1) is 24.2. The Bertz CT molecular complexity index is 2270. The van der Waals surface area contributed by atoms with Crippen LogP contribution in [0.5, 0.6) is 11.5 Å². The summed E-state index contributed by atoms with van der Waals surface area (Å²) in [6.45, 7) is 0. The summed E-state index contributed by atoms with van der Waals surface area (Å²) in [5.41, 5.74) is 1.94. The van der Waals surface area contributed by atoms with E-state index in [1.54, 1.807) is 0 Å². The van der Waals surface area contributed by atoms with Crippen molar-refractivity contribution < 1.29 is 9.05 Å². The Morgan fingerprint density at radius 1 is 0.388 bits per heavy atom. The van der Waals surface area contributed by atoms with Gasteiger partial charge in [-0.3, -0.25) is 0 Å². The van der Waals surface area contributed by atoms with Gasteiger partial charge in [-0.15, -0.1) is 0 Å². The van der Waals surface area contributed by atoms with Crippen LogP contribution in [0.2, 0.25) is 0 Å². The summed E-state index contributed by atoms with van der Waals surface area (Å²) in [6, 6.07) is 66.8. The Hall–Kier alpha value is -5.20. The summed E-state index contributed by atoms with van der Waals surface area (Å²) in [7, 11) is 3.45. The summed E-state index contributed by atoms with van der Waals surface area (Å²) in [6.07, 6.45) is 0. The lowest BCUT2D eigenvalue weighted by atomic mass is 9.92. The van der Waals surface area contributed by atoms with Crippen molar-refractivity contribution in [2.75, 3.05) is 0 Å². The van der Waals surface area contributed by atoms with Crippen LogP contribution in [-0.4, -0.2) is 7.57 Å². The molecule has 0 spiro atoms. The molecule has 0 heterocycles. The van der Waals surface area contributed by atoms with Crippen molar-refractivity contribution >= 4 is 65.8 Å². The van der Waals surface area contributed by atoms with E-state index in [0.29, 0.717) is 5.75 Å². The normalized spacial score (nSPS) is 11.6. The molecule has 0 amide bonds. The summed E-state index contributed by atoms with van der Waals surface area (Å²) in [5, 5.41) is 8.58. The monoisotopic (exact) mass is 665 g/mol. The Morgan fingerprint density at radius 3 is 1.27 bits per heavy atom. The van der Waals surface area contributed by atoms with Crippen LogP contribution in [0.25, 0.3) is 32.7 Å². The molecule has 0 bridgehead atoms. The second kappa shape index (κ2) is 13.7. The zero-order valence-corrected chi connectivity index (χ0v) is 28.6. The van der Waals surface area contributed by atoms with Crippen LogP contribution in [0.4, 0.5) is 0 Å². The highest BCUT2D eigenvalue weighted by molar-refractivity contribution is 8.05. The molecule has 5 heteroatoms. The highest BCUT2D eigenvalue weighted by Gasteiger charge is 2.31. The Kier molecular flexibility index (Phi) is 8.72. The van der Waals surface area contributed by atoms with E-state index in [4.69, 9.17) is 16.6 Å². The van der Waals surface area contributed by atoms with E-state index in [-0.39, 0.29) is 0 Å². The van der Waals surface area contributed by atoms with Gasteiger partial charge in [0, 0.05) is 21.7 Å². The molecule has 0 fully saturated rings. The van der Waals surface area contributed by atoms with Gasteiger partial charge in [0.05, 0.1) is 10.6 Å². The number of rotatable bonds is 9. The van der Waals surface area contributed by atoms with Crippen LogP contribution >= 0.6 is 15.5 Å². The van der Waals surface area contributed by atoms with E-state index in [2.05, 4.69) is 146 Å². The summed E-state index contributed by atoms with van der Waals surface area (Å²) in [4.78, 5) is 0. The molecule has 0 aromatic heterocycles. The SMILES string of the molecule is [B-][P+](Oc1ccc2ccccc2c1-c1c(OP(c2ccccc2)c2ccccc2)ccc2ccccc12)(c1ccccc1)c1ccccc1. The zero-order chi connectivity index (χ0) is 33.0. The first-order valence-corrected chi connectivity index (χ1v) is 19.3. The summed E-state index contributed by atoms with van der Waals surface area (Å²) < 4.78 is 14.6. The van der Waals surface area contributed by atoms with Crippen molar-refractivity contribution in [1.29, 1.82) is 0 Å². The van der Waals surface area contributed by atoms with Crippen molar-refractivity contribution in [3.63, 3.8) is 0 Å². The number of hydrogen-bond donors (Lipinski definition) is 0. The molecule has 0 N–H and O–H groups in total. The average Bonchev–Trinajstić information content (AvgIpc) is 3.18. The van der Waals surface area contributed by atoms with E-state index in [9.17, 15) is 0 Å². The molecule has 3 radical (unpaired) electrons. The van der Waals surface area contributed by atoms with Gasteiger partial charge in [0.1, 0.15) is 5.75 Å². The standard InChI is InChI=1S/C44H32BO2P2/c45-49(37-23-9-3-10-24-37,38-25-11-4-12-26-38)47-42-32-30-34-18-14-16-28-40(34)44(42)43-39-27-15-13-17-33(39)29-31-41(43)46-48(35-19-5-1-6-20-35)36-21-7-2-8-22-36/h1-32H. The molecule has 0 aliphatic carbocycles. The van der Waals surface area contributed by atoms with Crippen LogP contribution in [0.1, 0.15) is 0 Å².